The molecule has 2 fully saturated rings. The van der Waals surface area contributed by atoms with Gasteiger partial charge in [-0.15, -0.1) is 0 Å². The maximum Gasteiger partial charge on any atom is 0.384 e. The number of epoxide rings is 1. The summed E-state index contributed by atoms with van der Waals surface area (Å²) in [6.07, 6.45) is 4.48. The van der Waals surface area contributed by atoms with E-state index in [0.717, 1.165) is 19.3 Å². The molecule has 0 radical (unpaired) electrons. The predicted octanol–water partition coefficient (Wildman–Crippen LogP) is 2.84. The van der Waals surface area contributed by atoms with Crippen molar-refractivity contribution in [1.82, 2.24) is 0 Å². The molecule has 1 saturated heterocycles. The fourth-order valence-electron chi connectivity index (χ4n) is 3.27. The first-order valence-corrected chi connectivity index (χ1v) is 7.80. The highest BCUT2D eigenvalue weighted by atomic mass is 16.6. The second-order valence-corrected chi connectivity index (χ2v) is 6.96. The molecule has 118 valence electrons. The van der Waals surface area contributed by atoms with Gasteiger partial charge in [-0.3, -0.25) is 0 Å². The molecule has 0 aromatic carbocycles. The number of ether oxygens (including phenoxy) is 3. The molecule has 1 aliphatic carbocycles. The second kappa shape index (κ2) is 5.62. The number of hydrogen-bond acceptors (Lipinski definition) is 4. The Balaban J connectivity index is 2.25. The largest absolute Gasteiger partial charge is 0.456 e. The number of carbonyl (C=O) groups excluding carboxylic acids is 1. The van der Waals surface area contributed by atoms with Crippen molar-refractivity contribution >= 4 is 5.97 Å². The maximum absolute atomic E-state index is 11.6. The van der Waals surface area contributed by atoms with Crippen molar-refractivity contribution in [2.24, 2.45) is 0 Å². The zero-order chi connectivity index (χ0) is 15.7. The average molecular weight is 294 g/mol. The summed E-state index contributed by atoms with van der Waals surface area (Å²) in [7, 11) is 0. The zero-order valence-corrected chi connectivity index (χ0v) is 13.7. The van der Waals surface area contributed by atoms with Crippen LogP contribution in [-0.2, 0) is 19.0 Å². The molecule has 0 bridgehead atoms. The molecule has 1 saturated carbocycles. The first-order chi connectivity index (χ1) is 9.72. The van der Waals surface area contributed by atoms with Crippen LogP contribution in [0.25, 0.3) is 0 Å². The summed E-state index contributed by atoms with van der Waals surface area (Å²) in [5.74, 6) is 5.09. The van der Waals surface area contributed by atoms with E-state index in [4.69, 9.17) is 14.2 Å². The molecule has 3 atom stereocenters. The van der Waals surface area contributed by atoms with Crippen LogP contribution in [0.2, 0.25) is 0 Å². The molecule has 21 heavy (non-hydrogen) atoms. The number of carbonyl (C=O) groups is 1. The Morgan fingerprint density at radius 2 is 2.05 bits per heavy atom. The number of esters is 1. The minimum absolute atomic E-state index is 0.204. The van der Waals surface area contributed by atoms with Crippen molar-refractivity contribution in [1.29, 1.82) is 0 Å². The van der Waals surface area contributed by atoms with Crippen LogP contribution in [-0.4, -0.2) is 35.5 Å². The lowest BCUT2D eigenvalue weighted by molar-refractivity contribution is -0.137. The minimum Gasteiger partial charge on any atom is -0.456 e. The summed E-state index contributed by atoms with van der Waals surface area (Å²) in [4.78, 5) is 11.6. The minimum atomic E-state index is -0.789. The first kappa shape index (κ1) is 16.3. The molecule has 0 unspecified atom stereocenters. The number of rotatable bonds is 3. The van der Waals surface area contributed by atoms with Crippen LogP contribution < -0.4 is 0 Å². The summed E-state index contributed by atoms with van der Waals surface area (Å²) < 4.78 is 17.1. The van der Waals surface area contributed by atoms with Crippen molar-refractivity contribution in [2.45, 2.75) is 83.2 Å². The number of hydrogen-bond donors (Lipinski definition) is 0. The van der Waals surface area contributed by atoms with Crippen molar-refractivity contribution in [3.63, 3.8) is 0 Å². The van der Waals surface area contributed by atoms with E-state index in [9.17, 15) is 4.79 Å². The van der Waals surface area contributed by atoms with Gasteiger partial charge in [0.2, 0.25) is 0 Å². The highest BCUT2D eigenvalue weighted by Gasteiger charge is 2.68. The monoisotopic (exact) mass is 294 g/mol. The van der Waals surface area contributed by atoms with E-state index in [1.54, 1.807) is 6.92 Å². The quantitative estimate of drug-likeness (QED) is 0.347. The Labute approximate surface area is 127 Å². The summed E-state index contributed by atoms with van der Waals surface area (Å²) in [6.45, 7) is 10.0. The molecule has 4 heteroatoms. The lowest BCUT2D eigenvalue weighted by Gasteiger charge is -2.38. The van der Waals surface area contributed by atoms with Crippen LogP contribution in [0, 0.1) is 11.8 Å². The van der Waals surface area contributed by atoms with Crippen LogP contribution in [0.1, 0.15) is 60.3 Å². The van der Waals surface area contributed by atoms with Gasteiger partial charge in [-0.25, -0.2) is 4.79 Å². The van der Waals surface area contributed by atoms with Gasteiger partial charge < -0.3 is 14.2 Å². The molecular weight excluding hydrogens is 268 g/mol. The van der Waals surface area contributed by atoms with Crippen LogP contribution in [0.5, 0.6) is 0 Å². The van der Waals surface area contributed by atoms with Crippen LogP contribution in [0.3, 0.4) is 0 Å². The Kier molecular flexibility index (Phi) is 4.37. The third-order valence-electron chi connectivity index (χ3n) is 4.08. The van der Waals surface area contributed by atoms with E-state index in [-0.39, 0.29) is 17.3 Å². The van der Waals surface area contributed by atoms with Crippen molar-refractivity contribution in [3.8, 4) is 11.8 Å². The van der Waals surface area contributed by atoms with E-state index < -0.39 is 11.6 Å². The predicted molar refractivity (Wildman–Crippen MR) is 79.7 cm³/mol. The van der Waals surface area contributed by atoms with Gasteiger partial charge in [-0.2, -0.15) is 0 Å². The zero-order valence-electron chi connectivity index (χ0n) is 13.7. The highest BCUT2D eigenvalue weighted by Crippen LogP contribution is 2.56. The van der Waals surface area contributed by atoms with Crippen LogP contribution in [0.4, 0.5) is 0 Å². The molecule has 2 aliphatic rings. The van der Waals surface area contributed by atoms with Gasteiger partial charge in [0.05, 0.1) is 18.3 Å². The second-order valence-electron chi connectivity index (χ2n) is 6.96. The fraction of sp³-hybridized carbons (Fsp3) is 0.824. The Morgan fingerprint density at radius 1 is 1.33 bits per heavy atom. The van der Waals surface area contributed by atoms with Gasteiger partial charge in [-0.1, -0.05) is 18.8 Å². The standard InChI is InChI=1S/C17H26O4/c1-6-19-14(18)10-12-16(5,21-15(2,3)4)17-11-8-7-9-13(17)20-17/h13H,6-9,11H2,1-5H3/t13-,16-,17+/m0/s1. The van der Waals surface area contributed by atoms with Gasteiger partial charge in [-0.05, 0) is 47.5 Å². The van der Waals surface area contributed by atoms with Crippen molar-refractivity contribution < 1.29 is 19.0 Å². The Hall–Kier alpha value is -1.05. The summed E-state index contributed by atoms with van der Waals surface area (Å²) in [5.41, 5.74) is -1.51. The van der Waals surface area contributed by atoms with Crippen LogP contribution >= 0.6 is 0 Å². The van der Waals surface area contributed by atoms with Crippen molar-refractivity contribution in [3.05, 3.63) is 0 Å². The van der Waals surface area contributed by atoms with Gasteiger partial charge in [0.15, 0.2) is 5.60 Å². The van der Waals surface area contributed by atoms with Gasteiger partial charge in [0, 0.05) is 5.92 Å². The molecule has 1 heterocycles. The SMILES string of the molecule is CCOC(=O)C#C[C@](C)(OC(C)(C)C)[C@@]12CCCC[C@@H]1O2. The molecular formula is C17H26O4. The van der Waals surface area contributed by atoms with E-state index in [0.29, 0.717) is 6.61 Å². The molecule has 2 rings (SSSR count). The molecule has 0 aromatic heterocycles. The molecule has 0 N–H and O–H groups in total. The molecule has 0 amide bonds. The summed E-state index contributed by atoms with van der Waals surface area (Å²) in [5, 5.41) is 0. The van der Waals surface area contributed by atoms with E-state index in [1.165, 1.54) is 6.42 Å². The van der Waals surface area contributed by atoms with E-state index in [2.05, 4.69) is 11.8 Å². The number of fused-ring (bicyclic) bond motifs is 1. The molecule has 1 aliphatic heterocycles. The summed E-state index contributed by atoms with van der Waals surface area (Å²) in [6, 6.07) is 0. The lowest BCUT2D eigenvalue weighted by Crippen LogP contribution is -2.50. The molecule has 4 nitrogen and oxygen atoms in total. The average Bonchev–Trinajstić information content (AvgIpc) is 3.11. The normalized spacial score (nSPS) is 30.4. The van der Waals surface area contributed by atoms with Gasteiger partial charge >= 0.3 is 5.97 Å². The van der Waals surface area contributed by atoms with E-state index in [1.807, 2.05) is 27.7 Å². The Morgan fingerprint density at radius 3 is 2.62 bits per heavy atom. The first-order valence-electron chi connectivity index (χ1n) is 7.80. The fourth-order valence-corrected chi connectivity index (χ4v) is 3.27. The molecule has 0 aromatic rings. The van der Waals surface area contributed by atoms with Gasteiger partial charge in [0.1, 0.15) is 5.60 Å². The third-order valence-corrected chi connectivity index (χ3v) is 4.08. The Bertz CT molecular complexity index is 467. The topological polar surface area (TPSA) is 48.1 Å². The molecule has 0 spiro atoms. The highest BCUT2D eigenvalue weighted by molar-refractivity contribution is 5.88. The van der Waals surface area contributed by atoms with Crippen LogP contribution in [0.15, 0.2) is 0 Å². The van der Waals surface area contributed by atoms with Crippen molar-refractivity contribution in [2.75, 3.05) is 6.61 Å². The van der Waals surface area contributed by atoms with E-state index >= 15 is 0 Å². The van der Waals surface area contributed by atoms with Gasteiger partial charge in [0.25, 0.3) is 0 Å². The third kappa shape index (κ3) is 3.41. The lowest BCUT2D eigenvalue weighted by atomic mass is 9.77. The summed E-state index contributed by atoms with van der Waals surface area (Å²) >= 11 is 0. The maximum atomic E-state index is 11.6. The smallest absolute Gasteiger partial charge is 0.384 e.